The van der Waals surface area contributed by atoms with E-state index in [0.717, 1.165) is 25.2 Å². The van der Waals surface area contributed by atoms with Gasteiger partial charge in [0, 0.05) is 37.8 Å². The molecule has 0 aromatic heterocycles. The number of benzene rings is 2. The first kappa shape index (κ1) is 25.0. The zero-order valence-electron chi connectivity index (χ0n) is 21.0. The van der Waals surface area contributed by atoms with Gasteiger partial charge in [-0.2, -0.15) is 0 Å². The van der Waals surface area contributed by atoms with Gasteiger partial charge in [0.1, 0.15) is 17.5 Å². The van der Waals surface area contributed by atoms with E-state index in [4.69, 9.17) is 14.2 Å². The van der Waals surface area contributed by atoms with Crippen LogP contribution in [0.3, 0.4) is 0 Å². The van der Waals surface area contributed by atoms with Gasteiger partial charge in [-0.25, -0.2) is 0 Å². The highest BCUT2D eigenvalue weighted by atomic mass is 16.5. The summed E-state index contributed by atoms with van der Waals surface area (Å²) in [6.45, 7) is 8.59. The molecular weight excluding hydrogens is 446 g/mol. The van der Waals surface area contributed by atoms with Crippen LogP contribution >= 0.6 is 0 Å². The van der Waals surface area contributed by atoms with Crippen molar-refractivity contribution in [1.29, 1.82) is 0 Å². The van der Waals surface area contributed by atoms with E-state index in [9.17, 15) is 9.59 Å². The molecule has 1 saturated heterocycles. The highest BCUT2D eigenvalue weighted by molar-refractivity contribution is 6.11. The molecule has 1 unspecified atom stereocenters. The van der Waals surface area contributed by atoms with Crippen molar-refractivity contribution in [2.75, 3.05) is 58.5 Å². The first-order valence-corrected chi connectivity index (χ1v) is 12.2. The summed E-state index contributed by atoms with van der Waals surface area (Å²) in [5, 5.41) is 0. The van der Waals surface area contributed by atoms with Crippen LogP contribution < -0.4 is 14.4 Å². The molecule has 2 amide bonds. The predicted octanol–water partition coefficient (Wildman–Crippen LogP) is 3.05. The minimum Gasteiger partial charge on any atom is -0.497 e. The van der Waals surface area contributed by atoms with Crippen LogP contribution in [0.1, 0.15) is 29.8 Å². The lowest BCUT2D eigenvalue weighted by molar-refractivity contribution is -0.124. The van der Waals surface area contributed by atoms with E-state index in [0.29, 0.717) is 42.5 Å². The number of hydrogen-bond acceptors (Lipinski definition) is 6. The van der Waals surface area contributed by atoms with Gasteiger partial charge in [0.25, 0.3) is 5.91 Å². The molecule has 8 nitrogen and oxygen atoms in total. The molecule has 8 heteroatoms. The zero-order valence-corrected chi connectivity index (χ0v) is 21.0. The average molecular weight is 482 g/mol. The van der Waals surface area contributed by atoms with Gasteiger partial charge >= 0.3 is 0 Å². The topological polar surface area (TPSA) is 71.5 Å². The minimum absolute atomic E-state index is 0.0564. The first-order valence-electron chi connectivity index (χ1n) is 12.2. The fourth-order valence-corrected chi connectivity index (χ4v) is 4.86. The summed E-state index contributed by atoms with van der Waals surface area (Å²) in [5.41, 5.74) is 2.03. The Morgan fingerprint density at radius 3 is 2.43 bits per heavy atom. The molecule has 0 saturated carbocycles. The van der Waals surface area contributed by atoms with Gasteiger partial charge in [-0.1, -0.05) is 26.0 Å². The van der Waals surface area contributed by atoms with Crippen LogP contribution in [-0.2, 0) is 16.1 Å². The number of morpholine rings is 1. The molecule has 1 fully saturated rings. The molecule has 2 aromatic carbocycles. The first-order chi connectivity index (χ1) is 16.9. The molecule has 35 heavy (non-hydrogen) atoms. The number of hydrogen-bond donors (Lipinski definition) is 0. The summed E-state index contributed by atoms with van der Waals surface area (Å²) in [5.74, 6) is 1.01. The summed E-state index contributed by atoms with van der Waals surface area (Å²) < 4.78 is 16.4. The Hall–Kier alpha value is -3.10. The predicted molar refractivity (Wildman–Crippen MR) is 134 cm³/mol. The van der Waals surface area contributed by atoms with Crippen LogP contribution in [0.4, 0.5) is 5.69 Å². The summed E-state index contributed by atoms with van der Waals surface area (Å²) in [6.07, 6.45) is 0. The largest absolute Gasteiger partial charge is 0.497 e. The van der Waals surface area contributed by atoms with Gasteiger partial charge in [-0.15, -0.1) is 0 Å². The Labute approximate surface area is 207 Å². The van der Waals surface area contributed by atoms with Gasteiger partial charge in [0.2, 0.25) is 5.91 Å². The van der Waals surface area contributed by atoms with Crippen molar-refractivity contribution >= 4 is 17.5 Å². The second-order valence-corrected chi connectivity index (χ2v) is 9.26. The molecular formula is C27H35N3O5. The Morgan fingerprint density at radius 1 is 1.00 bits per heavy atom. The number of anilines is 1. The summed E-state index contributed by atoms with van der Waals surface area (Å²) in [6, 6.07) is 12.3. The number of rotatable bonds is 8. The number of carbonyl (C=O) groups excluding carboxylic acids is 2. The SMILES string of the molecule is COc1ccc(CN2C(=O)c3ccccc3N(CCN3CCOCC3)C(=O)C2C(C)C)c(OC)c1. The number of para-hydroxylation sites is 1. The Kier molecular flexibility index (Phi) is 7.93. The maximum Gasteiger partial charge on any atom is 0.256 e. The molecule has 4 rings (SSSR count). The highest BCUT2D eigenvalue weighted by Crippen LogP contribution is 2.33. The van der Waals surface area contributed by atoms with Crippen molar-refractivity contribution in [2.24, 2.45) is 5.92 Å². The van der Waals surface area contributed by atoms with E-state index in [1.807, 2.05) is 50.2 Å². The molecule has 1 atom stereocenters. The van der Waals surface area contributed by atoms with Gasteiger partial charge in [0.05, 0.1) is 45.2 Å². The van der Waals surface area contributed by atoms with Crippen LogP contribution in [0, 0.1) is 5.92 Å². The van der Waals surface area contributed by atoms with E-state index in [-0.39, 0.29) is 24.3 Å². The minimum atomic E-state index is -0.605. The number of fused-ring (bicyclic) bond motifs is 1. The van der Waals surface area contributed by atoms with Crippen molar-refractivity contribution in [2.45, 2.75) is 26.4 Å². The summed E-state index contributed by atoms with van der Waals surface area (Å²) >= 11 is 0. The zero-order chi connectivity index (χ0) is 24.9. The van der Waals surface area contributed by atoms with Crippen molar-refractivity contribution in [3.8, 4) is 11.5 Å². The second-order valence-electron chi connectivity index (χ2n) is 9.26. The number of methoxy groups -OCH3 is 2. The standard InChI is InChI=1S/C27H35N3O5/c1-19(2)25-27(32)29(12-11-28-13-15-35-16-14-28)23-8-6-5-7-22(23)26(31)30(25)18-20-9-10-21(33-3)17-24(20)34-4/h5-10,17,19,25H,11-16,18H2,1-4H3. The van der Waals surface area contributed by atoms with Crippen molar-refractivity contribution < 1.29 is 23.8 Å². The molecule has 2 heterocycles. The Balaban J connectivity index is 1.70. The van der Waals surface area contributed by atoms with E-state index in [1.165, 1.54) is 0 Å². The van der Waals surface area contributed by atoms with Crippen LogP contribution in [0.15, 0.2) is 42.5 Å². The maximum atomic E-state index is 14.1. The molecule has 0 N–H and O–H groups in total. The molecule has 2 aromatic rings. The van der Waals surface area contributed by atoms with Crippen molar-refractivity contribution in [1.82, 2.24) is 9.80 Å². The summed E-state index contributed by atoms with van der Waals surface area (Å²) in [7, 11) is 3.19. The van der Waals surface area contributed by atoms with Crippen LogP contribution in [0.2, 0.25) is 0 Å². The summed E-state index contributed by atoms with van der Waals surface area (Å²) in [4.78, 5) is 33.8. The van der Waals surface area contributed by atoms with E-state index < -0.39 is 6.04 Å². The van der Waals surface area contributed by atoms with Crippen molar-refractivity contribution in [3.05, 3.63) is 53.6 Å². The normalized spacial score (nSPS) is 19.1. The number of ether oxygens (including phenoxy) is 3. The number of nitrogens with zero attached hydrogens (tertiary/aromatic N) is 3. The van der Waals surface area contributed by atoms with Gasteiger partial charge < -0.3 is 24.0 Å². The number of carbonyl (C=O) groups is 2. The van der Waals surface area contributed by atoms with E-state index in [1.54, 1.807) is 30.1 Å². The van der Waals surface area contributed by atoms with Gasteiger partial charge in [-0.3, -0.25) is 14.5 Å². The molecule has 0 aliphatic carbocycles. The fourth-order valence-electron chi connectivity index (χ4n) is 4.86. The molecule has 2 aliphatic rings. The molecule has 0 radical (unpaired) electrons. The highest BCUT2D eigenvalue weighted by Gasteiger charge is 2.41. The van der Waals surface area contributed by atoms with Gasteiger partial charge in [0.15, 0.2) is 0 Å². The third-order valence-electron chi connectivity index (χ3n) is 6.75. The third kappa shape index (κ3) is 5.28. The lowest BCUT2D eigenvalue weighted by Crippen LogP contribution is -2.52. The van der Waals surface area contributed by atoms with Gasteiger partial charge in [-0.05, 0) is 30.2 Å². The maximum absolute atomic E-state index is 14.1. The average Bonchev–Trinajstić information content (AvgIpc) is 2.96. The molecule has 0 bridgehead atoms. The van der Waals surface area contributed by atoms with E-state index in [2.05, 4.69) is 4.90 Å². The molecule has 0 spiro atoms. The second kappa shape index (κ2) is 11.1. The lowest BCUT2D eigenvalue weighted by Gasteiger charge is -2.35. The van der Waals surface area contributed by atoms with Crippen molar-refractivity contribution in [3.63, 3.8) is 0 Å². The fraction of sp³-hybridized carbons (Fsp3) is 0.481. The molecule has 2 aliphatic heterocycles. The third-order valence-corrected chi connectivity index (χ3v) is 6.75. The van der Waals surface area contributed by atoms with Crippen LogP contribution in [0.5, 0.6) is 11.5 Å². The van der Waals surface area contributed by atoms with Crippen LogP contribution in [-0.4, -0.2) is 81.3 Å². The molecule has 188 valence electrons. The monoisotopic (exact) mass is 481 g/mol. The lowest BCUT2D eigenvalue weighted by atomic mass is 9.99. The van der Waals surface area contributed by atoms with Crippen LogP contribution in [0.25, 0.3) is 0 Å². The quantitative estimate of drug-likeness (QED) is 0.577. The van der Waals surface area contributed by atoms with E-state index >= 15 is 0 Å². The Morgan fingerprint density at radius 2 is 1.74 bits per heavy atom. The smallest absolute Gasteiger partial charge is 0.256 e. The number of amides is 2. The Bertz CT molecular complexity index is 1050.